The second-order valence-electron chi connectivity index (χ2n) is 4.46. The van der Waals surface area contributed by atoms with Crippen molar-refractivity contribution in [1.82, 2.24) is 15.5 Å². The lowest BCUT2D eigenvalue weighted by atomic mass is 10.0. The predicted octanol–water partition coefficient (Wildman–Crippen LogP) is 2.52. The monoisotopic (exact) mass is 275 g/mol. The maximum atomic E-state index is 13.7. The van der Waals surface area contributed by atoms with Crippen molar-refractivity contribution in [2.75, 3.05) is 13.7 Å². The molecular weight excluding hydrogens is 257 g/mol. The average Bonchev–Trinajstić information content (AvgIpc) is 2.48. The minimum Gasteiger partial charge on any atom is -0.494 e. The Morgan fingerprint density at radius 2 is 2.15 bits per heavy atom. The molecule has 1 atom stereocenters. The van der Waals surface area contributed by atoms with Gasteiger partial charge in [-0.25, -0.2) is 4.39 Å². The van der Waals surface area contributed by atoms with Crippen molar-refractivity contribution in [3.63, 3.8) is 0 Å². The van der Waals surface area contributed by atoms with Crippen LogP contribution in [-0.2, 0) is 6.42 Å². The lowest BCUT2D eigenvalue weighted by Gasteiger charge is -2.18. The number of benzene rings is 1. The third-order valence-electron chi connectivity index (χ3n) is 3.12. The summed E-state index contributed by atoms with van der Waals surface area (Å²) in [7, 11) is 1.46. The number of ether oxygens (including phenoxy) is 1. The molecule has 0 fully saturated rings. The fourth-order valence-corrected chi connectivity index (χ4v) is 2.13. The summed E-state index contributed by atoms with van der Waals surface area (Å²) in [6, 6.07) is 7.04. The molecule has 4 nitrogen and oxygen atoms in total. The van der Waals surface area contributed by atoms with Gasteiger partial charge in [0, 0.05) is 12.2 Å². The number of methoxy groups -OCH3 is 1. The van der Waals surface area contributed by atoms with Crippen molar-refractivity contribution in [3.05, 3.63) is 53.6 Å². The predicted molar refractivity (Wildman–Crippen MR) is 75.1 cm³/mol. The summed E-state index contributed by atoms with van der Waals surface area (Å²) < 4.78 is 18.6. The van der Waals surface area contributed by atoms with Crippen molar-refractivity contribution < 1.29 is 9.13 Å². The van der Waals surface area contributed by atoms with Gasteiger partial charge in [0.05, 0.1) is 13.3 Å². The molecule has 1 unspecified atom stereocenters. The van der Waals surface area contributed by atoms with E-state index in [9.17, 15) is 4.39 Å². The Balaban J connectivity index is 2.18. The zero-order chi connectivity index (χ0) is 14.4. The summed E-state index contributed by atoms with van der Waals surface area (Å²) >= 11 is 0. The van der Waals surface area contributed by atoms with E-state index >= 15 is 0 Å². The summed E-state index contributed by atoms with van der Waals surface area (Å²) in [5.74, 6) is -0.0765. The van der Waals surface area contributed by atoms with Crippen LogP contribution in [0, 0.1) is 5.82 Å². The third-order valence-corrected chi connectivity index (χ3v) is 3.12. The normalized spacial score (nSPS) is 12.2. The lowest BCUT2D eigenvalue weighted by Crippen LogP contribution is -2.23. The van der Waals surface area contributed by atoms with Crippen molar-refractivity contribution >= 4 is 0 Å². The molecule has 0 saturated heterocycles. The minimum atomic E-state index is -0.340. The van der Waals surface area contributed by atoms with Gasteiger partial charge >= 0.3 is 0 Å². The maximum Gasteiger partial charge on any atom is 0.165 e. The molecule has 0 radical (unpaired) electrons. The maximum absolute atomic E-state index is 13.7. The molecule has 0 aliphatic carbocycles. The molecule has 1 aromatic heterocycles. The Kier molecular flexibility index (Phi) is 5.01. The van der Waals surface area contributed by atoms with Gasteiger partial charge in [-0.2, -0.15) is 10.2 Å². The Morgan fingerprint density at radius 3 is 2.75 bits per heavy atom. The highest BCUT2D eigenvalue weighted by Crippen LogP contribution is 2.22. The van der Waals surface area contributed by atoms with Crippen LogP contribution in [0.25, 0.3) is 0 Å². The van der Waals surface area contributed by atoms with Crippen molar-refractivity contribution in [3.8, 4) is 5.75 Å². The molecule has 2 rings (SSSR count). The number of nitrogens with one attached hydrogen (secondary N) is 1. The number of nitrogens with zero attached hydrogens (tertiary/aromatic N) is 2. The Labute approximate surface area is 118 Å². The summed E-state index contributed by atoms with van der Waals surface area (Å²) in [5, 5.41) is 11.0. The highest BCUT2D eigenvalue weighted by molar-refractivity contribution is 5.30. The summed E-state index contributed by atoms with van der Waals surface area (Å²) in [6.07, 6.45) is 4.07. The van der Waals surface area contributed by atoms with Crippen LogP contribution in [0.3, 0.4) is 0 Å². The molecule has 0 aliphatic rings. The van der Waals surface area contributed by atoms with Crippen molar-refractivity contribution in [2.24, 2.45) is 0 Å². The number of hydrogen-bond acceptors (Lipinski definition) is 4. The van der Waals surface area contributed by atoms with E-state index in [0.29, 0.717) is 6.42 Å². The molecule has 2 aromatic rings. The zero-order valence-corrected chi connectivity index (χ0v) is 11.6. The van der Waals surface area contributed by atoms with Gasteiger partial charge in [0.25, 0.3) is 0 Å². The third kappa shape index (κ3) is 3.51. The van der Waals surface area contributed by atoms with Crippen LogP contribution >= 0.6 is 0 Å². The highest BCUT2D eigenvalue weighted by atomic mass is 19.1. The molecule has 1 N–H and O–H groups in total. The molecule has 0 saturated carbocycles. The van der Waals surface area contributed by atoms with Crippen molar-refractivity contribution in [1.29, 1.82) is 0 Å². The SMILES string of the molecule is CCNC(Cc1ccc(OC)c(F)c1)c1ccnnc1. The van der Waals surface area contributed by atoms with Gasteiger partial charge in [0.1, 0.15) is 0 Å². The van der Waals surface area contributed by atoms with Gasteiger partial charge in [0.2, 0.25) is 0 Å². The molecule has 0 bridgehead atoms. The van der Waals surface area contributed by atoms with E-state index in [1.807, 2.05) is 19.1 Å². The summed E-state index contributed by atoms with van der Waals surface area (Å²) in [4.78, 5) is 0. The van der Waals surface area contributed by atoms with E-state index in [1.165, 1.54) is 13.2 Å². The molecule has 20 heavy (non-hydrogen) atoms. The van der Waals surface area contributed by atoms with E-state index in [0.717, 1.165) is 17.7 Å². The van der Waals surface area contributed by atoms with Gasteiger partial charge in [-0.15, -0.1) is 0 Å². The highest BCUT2D eigenvalue weighted by Gasteiger charge is 2.13. The van der Waals surface area contributed by atoms with Crippen LogP contribution in [0.4, 0.5) is 4.39 Å². The first-order chi connectivity index (χ1) is 9.74. The van der Waals surface area contributed by atoms with E-state index in [-0.39, 0.29) is 17.6 Å². The van der Waals surface area contributed by atoms with E-state index < -0.39 is 0 Å². The van der Waals surface area contributed by atoms with Crippen molar-refractivity contribution in [2.45, 2.75) is 19.4 Å². The number of halogens is 1. The van der Waals surface area contributed by atoms with Crippen LogP contribution in [0.1, 0.15) is 24.1 Å². The quantitative estimate of drug-likeness (QED) is 0.880. The van der Waals surface area contributed by atoms with Gasteiger partial charge in [-0.3, -0.25) is 0 Å². The zero-order valence-electron chi connectivity index (χ0n) is 11.6. The fraction of sp³-hybridized carbons (Fsp3) is 0.333. The first-order valence-electron chi connectivity index (χ1n) is 6.57. The minimum absolute atomic E-state index is 0.0864. The van der Waals surface area contributed by atoms with Crippen LogP contribution < -0.4 is 10.1 Å². The second kappa shape index (κ2) is 6.96. The van der Waals surface area contributed by atoms with Crippen LogP contribution in [-0.4, -0.2) is 23.9 Å². The summed E-state index contributed by atoms with van der Waals surface area (Å²) in [5.41, 5.74) is 1.95. The van der Waals surface area contributed by atoms with E-state index in [4.69, 9.17) is 4.74 Å². The number of likely N-dealkylation sites (N-methyl/N-ethyl adjacent to an activating group) is 1. The number of aromatic nitrogens is 2. The van der Waals surface area contributed by atoms with Gasteiger partial charge in [-0.1, -0.05) is 13.0 Å². The Hall–Kier alpha value is -2.01. The van der Waals surface area contributed by atoms with Gasteiger partial charge in [-0.05, 0) is 42.3 Å². The van der Waals surface area contributed by atoms with E-state index in [2.05, 4.69) is 15.5 Å². The first kappa shape index (κ1) is 14.4. The molecular formula is C15H18FN3O. The molecule has 0 amide bonds. The standard InChI is InChI=1S/C15H18FN3O/c1-3-17-14(12-6-7-18-19-10-12)9-11-4-5-15(20-2)13(16)8-11/h4-8,10,14,17H,3,9H2,1-2H3. The van der Waals surface area contributed by atoms with E-state index in [1.54, 1.807) is 18.5 Å². The smallest absolute Gasteiger partial charge is 0.165 e. The van der Waals surface area contributed by atoms with Gasteiger partial charge < -0.3 is 10.1 Å². The largest absolute Gasteiger partial charge is 0.494 e. The Morgan fingerprint density at radius 1 is 1.30 bits per heavy atom. The van der Waals surface area contributed by atoms with Gasteiger partial charge in [0.15, 0.2) is 11.6 Å². The molecule has 0 aliphatic heterocycles. The number of rotatable bonds is 6. The lowest BCUT2D eigenvalue weighted by molar-refractivity contribution is 0.386. The molecule has 106 valence electrons. The first-order valence-corrected chi connectivity index (χ1v) is 6.57. The molecule has 1 aromatic carbocycles. The fourth-order valence-electron chi connectivity index (χ4n) is 2.13. The van der Waals surface area contributed by atoms with Crippen LogP contribution in [0.5, 0.6) is 5.75 Å². The molecule has 1 heterocycles. The molecule has 0 spiro atoms. The second-order valence-corrected chi connectivity index (χ2v) is 4.46. The topological polar surface area (TPSA) is 47.0 Å². The van der Waals surface area contributed by atoms with Crippen LogP contribution in [0.2, 0.25) is 0 Å². The average molecular weight is 275 g/mol. The number of hydrogen-bond donors (Lipinski definition) is 1. The Bertz CT molecular complexity index is 548. The summed E-state index contributed by atoms with van der Waals surface area (Å²) in [6.45, 7) is 2.86. The molecule has 5 heteroatoms. The van der Waals surface area contributed by atoms with Crippen LogP contribution in [0.15, 0.2) is 36.7 Å².